The number of hydrogen-bond donors (Lipinski definition) is 0. The van der Waals surface area contributed by atoms with E-state index in [-0.39, 0.29) is 23.5 Å². The van der Waals surface area contributed by atoms with Crippen molar-refractivity contribution in [2.75, 3.05) is 13.1 Å². The van der Waals surface area contributed by atoms with Crippen LogP contribution < -0.4 is 10.4 Å². The molecule has 0 saturated carbocycles. The van der Waals surface area contributed by atoms with E-state index in [0.717, 1.165) is 5.52 Å². The highest BCUT2D eigenvalue weighted by molar-refractivity contribution is 5.87. The molecule has 2 aromatic carbocycles. The van der Waals surface area contributed by atoms with Gasteiger partial charge in [-0.3, -0.25) is 18.9 Å². The maximum Gasteiger partial charge on any atom is 0.334 e. The molecule has 1 atom stereocenters. The molecule has 1 aliphatic rings. The molecule has 0 spiro atoms. The lowest BCUT2D eigenvalue weighted by Crippen LogP contribution is -2.31. The molecule has 33 heavy (non-hydrogen) atoms. The van der Waals surface area contributed by atoms with Crippen molar-refractivity contribution in [3.05, 3.63) is 95.9 Å². The summed E-state index contributed by atoms with van der Waals surface area (Å²) in [6.45, 7) is 4.59. The van der Waals surface area contributed by atoms with E-state index in [0.29, 0.717) is 42.2 Å². The van der Waals surface area contributed by atoms with Crippen molar-refractivity contribution >= 4 is 16.9 Å². The van der Waals surface area contributed by atoms with Crippen LogP contribution in [0.2, 0.25) is 0 Å². The molecular formula is C25H21FN4O3. The Balaban J connectivity index is 1.49. The highest BCUT2D eigenvalue weighted by Crippen LogP contribution is 2.27. The van der Waals surface area contributed by atoms with E-state index in [1.165, 1.54) is 18.2 Å². The molecule has 0 radical (unpaired) electrons. The van der Waals surface area contributed by atoms with Crippen LogP contribution in [0.4, 0.5) is 4.39 Å². The van der Waals surface area contributed by atoms with E-state index in [4.69, 9.17) is 4.74 Å². The normalized spacial score (nSPS) is 15.7. The Morgan fingerprint density at radius 1 is 1.06 bits per heavy atom. The zero-order chi connectivity index (χ0) is 22.9. The molecule has 7 nitrogen and oxygen atoms in total. The van der Waals surface area contributed by atoms with Crippen molar-refractivity contribution in [3.8, 4) is 17.2 Å². The Kier molecular flexibility index (Phi) is 5.26. The molecular weight excluding hydrogens is 423 g/mol. The van der Waals surface area contributed by atoms with Crippen LogP contribution in [0.15, 0.2) is 84.4 Å². The Morgan fingerprint density at radius 3 is 2.45 bits per heavy atom. The number of carbonyl (C=O) groups excluding carboxylic acids is 1. The molecule has 1 saturated heterocycles. The SMILES string of the molecule is C=CC(=O)N1CCC(n2c(=O)n(-c3ccc(Oc4ccc(F)cc4)cc3)c3cnccc32)C1. The van der Waals surface area contributed by atoms with Gasteiger partial charge in [0.1, 0.15) is 17.3 Å². The number of hydrogen-bond acceptors (Lipinski definition) is 4. The van der Waals surface area contributed by atoms with Gasteiger partial charge in [0.25, 0.3) is 0 Å². The number of carbonyl (C=O) groups is 1. The third kappa shape index (κ3) is 3.80. The number of nitrogens with zero attached hydrogens (tertiary/aromatic N) is 4. The van der Waals surface area contributed by atoms with Crippen molar-refractivity contribution < 1.29 is 13.9 Å². The van der Waals surface area contributed by atoms with Gasteiger partial charge in [-0.25, -0.2) is 9.18 Å². The average molecular weight is 444 g/mol. The van der Waals surface area contributed by atoms with E-state index < -0.39 is 0 Å². The Bertz CT molecular complexity index is 1390. The first-order valence-electron chi connectivity index (χ1n) is 10.6. The molecule has 5 rings (SSSR count). The minimum atomic E-state index is -0.332. The summed E-state index contributed by atoms with van der Waals surface area (Å²) in [7, 11) is 0. The lowest BCUT2D eigenvalue weighted by atomic mass is 10.2. The molecule has 8 heteroatoms. The third-order valence-electron chi connectivity index (χ3n) is 5.83. The van der Waals surface area contributed by atoms with Crippen LogP contribution in [0.1, 0.15) is 12.5 Å². The second kappa shape index (κ2) is 8.38. The fourth-order valence-electron chi connectivity index (χ4n) is 4.25. The first kappa shape index (κ1) is 20.7. The number of ether oxygens (including phenoxy) is 1. The van der Waals surface area contributed by atoms with Gasteiger partial charge in [0, 0.05) is 19.3 Å². The number of halogens is 1. The minimum Gasteiger partial charge on any atom is -0.457 e. The summed E-state index contributed by atoms with van der Waals surface area (Å²) in [6, 6.07) is 14.5. The van der Waals surface area contributed by atoms with Crippen molar-refractivity contribution in [1.82, 2.24) is 19.0 Å². The summed E-state index contributed by atoms with van der Waals surface area (Å²) in [5.41, 5.74) is 1.92. The van der Waals surface area contributed by atoms with Crippen molar-refractivity contribution in [1.29, 1.82) is 0 Å². The molecule has 0 bridgehead atoms. The van der Waals surface area contributed by atoms with E-state index in [1.54, 1.807) is 62.8 Å². The van der Waals surface area contributed by atoms with E-state index in [1.807, 2.05) is 6.07 Å². The Morgan fingerprint density at radius 2 is 1.76 bits per heavy atom. The number of aromatic nitrogens is 3. The van der Waals surface area contributed by atoms with Gasteiger partial charge in [-0.15, -0.1) is 0 Å². The van der Waals surface area contributed by atoms with Gasteiger partial charge in [-0.2, -0.15) is 0 Å². The zero-order valence-corrected chi connectivity index (χ0v) is 17.7. The quantitative estimate of drug-likeness (QED) is 0.435. The first-order valence-corrected chi connectivity index (χ1v) is 10.6. The van der Waals surface area contributed by atoms with Crippen molar-refractivity contribution in [2.45, 2.75) is 12.5 Å². The predicted molar refractivity (Wildman–Crippen MR) is 122 cm³/mol. The number of imidazole rings is 1. The van der Waals surface area contributed by atoms with Crippen LogP contribution in [0, 0.1) is 5.82 Å². The second-order valence-corrected chi connectivity index (χ2v) is 7.83. The standard InChI is InChI=1S/C25H21FN4O3/c1-2-24(31)28-14-12-19(16-28)30-22-11-13-27-15-23(22)29(25(30)32)18-5-9-21(10-6-18)33-20-7-3-17(26)4-8-20/h2-11,13,15,19H,1,12,14,16H2. The molecule has 0 aliphatic carbocycles. The average Bonchev–Trinajstić information content (AvgIpc) is 3.43. The van der Waals surface area contributed by atoms with Crippen molar-refractivity contribution in [2.24, 2.45) is 0 Å². The second-order valence-electron chi connectivity index (χ2n) is 7.83. The zero-order valence-electron chi connectivity index (χ0n) is 17.7. The van der Waals surface area contributed by atoms with Crippen LogP contribution in [0.5, 0.6) is 11.5 Å². The van der Waals surface area contributed by atoms with Gasteiger partial charge in [0.05, 0.1) is 29.0 Å². The summed E-state index contributed by atoms with van der Waals surface area (Å²) >= 11 is 0. The maximum atomic E-state index is 13.5. The summed E-state index contributed by atoms with van der Waals surface area (Å²) in [4.78, 5) is 31.5. The van der Waals surface area contributed by atoms with Crippen LogP contribution in [0.3, 0.4) is 0 Å². The molecule has 1 unspecified atom stereocenters. The lowest BCUT2D eigenvalue weighted by Gasteiger charge is -2.15. The third-order valence-corrected chi connectivity index (χ3v) is 5.83. The van der Waals surface area contributed by atoms with Crippen molar-refractivity contribution in [3.63, 3.8) is 0 Å². The van der Waals surface area contributed by atoms with Gasteiger partial charge in [0.15, 0.2) is 0 Å². The molecule has 2 aromatic heterocycles. The number of fused-ring (bicyclic) bond motifs is 1. The van der Waals surface area contributed by atoms with Gasteiger partial charge in [0.2, 0.25) is 5.91 Å². The smallest absolute Gasteiger partial charge is 0.334 e. The number of amides is 1. The summed E-state index contributed by atoms with van der Waals surface area (Å²) < 4.78 is 22.2. The Labute approximate surface area is 189 Å². The fourth-order valence-corrected chi connectivity index (χ4v) is 4.25. The number of benzene rings is 2. The fraction of sp³-hybridized carbons (Fsp3) is 0.160. The monoisotopic (exact) mass is 444 g/mol. The van der Waals surface area contributed by atoms with Crippen LogP contribution in [-0.4, -0.2) is 38.0 Å². The van der Waals surface area contributed by atoms with Crippen LogP contribution in [0.25, 0.3) is 16.7 Å². The number of likely N-dealkylation sites (tertiary alicyclic amines) is 1. The van der Waals surface area contributed by atoms with E-state index in [9.17, 15) is 14.0 Å². The van der Waals surface area contributed by atoms with Crippen LogP contribution >= 0.6 is 0 Å². The molecule has 0 N–H and O–H groups in total. The van der Waals surface area contributed by atoms with Gasteiger partial charge >= 0.3 is 5.69 Å². The highest BCUT2D eigenvalue weighted by atomic mass is 19.1. The van der Waals surface area contributed by atoms with Crippen LogP contribution in [-0.2, 0) is 4.79 Å². The summed E-state index contributed by atoms with van der Waals surface area (Å²) in [5.74, 6) is 0.616. The van der Waals surface area contributed by atoms with Gasteiger partial charge in [-0.05, 0) is 67.1 Å². The summed E-state index contributed by atoms with van der Waals surface area (Å²) in [5, 5.41) is 0. The molecule has 3 heterocycles. The highest BCUT2D eigenvalue weighted by Gasteiger charge is 2.29. The molecule has 4 aromatic rings. The minimum absolute atomic E-state index is 0.131. The molecule has 1 amide bonds. The van der Waals surface area contributed by atoms with E-state index in [2.05, 4.69) is 11.6 Å². The van der Waals surface area contributed by atoms with E-state index >= 15 is 0 Å². The summed E-state index contributed by atoms with van der Waals surface area (Å²) in [6.07, 6.45) is 5.31. The maximum absolute atomic E-state index is 13.5. The van der Waals surface area contributed by atoms with Gasteiger partial charge in [-0.1, -0.05) is 6.58 Å². The first-order chi connectivity index (χ1) is 16.0. The number of rotatable bonds is 5. The molecule has 166 valence electrons. The topological polar surface area (TPSA) is 69.4 Å². The largest absolute Gasteiger partial charge is 0.457 e. The Hall–Kier alpha value is -4.20. The lowest BCUT2D eigenvalue weighted by molar-refractivity contribution is -0.125. The van der Waals surface area contributed by atoms with Gasteiger partial charge < -0.3 is 9.64 Å². The molecule has 1 aliphatic heterocycles. The number of pyridine rings is 1. The molecule has 1 fully saturated rings. The predicted octanol–water partition coefficient (Wildman–Crippen LogP) is 4.08.